The average molecular weight is 438 g/mol. The highest BCUT2D eigenvalue weighted by atomic mass is 79.9. The second kappa shape index (κ2) is 8.03. The molecule has 0 bridgehead atoms. The van der Waals surface area contributed by atoms with Gasteiger partial charge in [-0.25, -0.2) is 0 Å². The lowest BCUT2D eigenvalue weighted by Gasteiger charge is -2.09. The van der Waals surface area contributed by atoms with Crippen molar-refractivity contribution < 1.29 is 4.79 Å². The van der Waals surface area contributed by atoms with Gasteiger partial charge in [-0.15, -0.1) is 10.2 Å². The van der Waals surface area contributed by atoms with Crippen LogP contribution in [-0.2, 0) is 4.79 Å². The molecule has 0 saturated heterocycles. The molecule has 128 valence electrons. The first-order valence-electron chi connectivity index (χ1n) is 7.39. The van der Waals surface area contributed by atoms with Gasteiger partial charge in [0.2, 0.25) is 5.91 Å². The molecular weight excluding hydrogens is 424 g/mol. The predicted molar refractivity (Wildman–Crippen MR) is 105 cm³/mol. The monoisotopic (exact) mass is 436 g/mol. The highest BCUT2D eigenvalue weighted by Crippen LogP contribution is 2.23. The molecule has 3 rings (SSSR count). The van der Waals surface area contributed by atoms with Crippen molar-refractivity contribution >= 4 is 50.9 Å². The number of halogens is 2. The van der Waals surface area contributed by atoms with Crippen LogP contribution in [0.15, 0.2) is 58.2 Å². The fourth-order valence-electron chi connectivity index (χ4n) is 2.18. The van der Waals surface area contributed by atoms with E-state index in [1.165, 1.54) is 11.8 Å². The molecule has 3 aromatic rings. The third kappa shape index (κ3) is 4.62. The van der Waals surface area contributed by atoms with E-state index in [9.17, 15) is 4.79 Å². The van der Waals surface area contributed by atoms with Crippen molar-refractivity contribution in [3.8, 4) is 5.69 Å². The Morgan fingerprint density at radius 2 is 1.84 bits per heavy atom. The number of benzene rings is 2. The number of anilines is 1. The number of thioether (sulfide) groups is 1. The maximum absolute atomic E-state index is 12.2. The number of amides is 1. The van der Waals surface area contributed by atoms with Gasteiger partial charge in [-0.1, -0.05) is 39.3 Å². The number of rotatable bonds is 5. The number of hydrogen-bond donors (Lipinski definition) is 1. The van der Waals surface area contributed by atoms with Gasteiger partial charge in [-0.05, 0) is 55.5 Å². The smallest absolute Gasteiger partial charge is 0.234 e. The standard InChI is InChI=1S/C17H14BrClN4OS/c1-11-21-22-17(23(11)15-8-4-13(19)5-9-15)25-10-16(24)20-14-6-2-12(18)3-7-14/h2-9H,10H2,1H3,(H,20,24). The first-order valence-corrected chi connectivity index (χ1v) is 9.55. The van der Waals surface area contributed by atoms with Gasteiger partial charge in [0.25, 0.3) is 0 Å². The van der Waals surface area contributed by atoms with E-state index < -0.39 is 0 Å². The van der Waals surface area contributed by atoms with E-state index in [0.29, 0.717) is 10.2 Å². The Bertz CT molecular complexity index is 881. The maximum atomic E-state index is 12.2. The summed E-state index contributed by atoms with van der Waals surface area (Å²) in [5.74, 6) is 0.885. The summed E-state index contributed by atoms with van der Waals surface area (Å²) >= 11 is 10.6. The van der Waals surface area contributed by atoms with E-state index in [1.807, 2.05) is 60.0 Å². The van der Waals surface area contributed by atoms with Crippen molar-refractivity contribution in [1.29, 1.82) is 0 Å². The van der Waals surface area contributed by atoms with E-state index in [1.54, 1.807) is 0 Å². The number of nitrogens with one attached hydrogen (secondary N) is 1. The van der Waals surface area contributed by atoms with Crippen LogP contribution in [0.3, 0.4) is 0 Å². The molecule has 0 radical (unpaired) electrons. The summed E-state index contributed by atoms with van der Waals surface area (Å²) in [6.07, 6.45) is 0. The number of hydrogen-bond acceptors (Lipinski definition) is 4. The van der Waals surface area contributed by atoms with Gasteiger partial charge in [-0.3, -0.25) is 9.36 Å². The van der Waals surface area contributed by atoms with E-state index in [4.69, 9.17) is 11.6 Å². The topological polar surface area (TPSA) is 59.8 Å². The van der Waals surface area contributed by atoms with Crippen LogP contribution in [0.4, 0.5) is 5.69 Å². The number of carbonyl (C=O) groups excluding carboxylic acids is 1. The van der Waals surface area contributed by atoms with Crippen LogP contribution in [-0.4, -0.2) is 26.4 Å². The first kappa shape index (κ1) is 18.0. The average Bonchev–Trinajstić information content (AvgIpc) is 2.97. The summed E-state index contributed by atoms with van der Waals surface area (Å²) < 4.78 is 2.86. The quantitative estimate of drug-likeness (QED) is 0.587. The molecule has 5 nitrogen and oxygen atoms in total. The van der Waals surface area contributed by atoms with Gasteiger partial charge in [0.05, 0.1) is 5.75 Å². The Morgan fingerprint density at radius 3 is 2.52 bits per heavy atom. The minimum atomic E-state index is -0.101. The van der Waals surface area contributed by atoms with E-state index in [2.05, 4.69) is 31.4 Å². The maximum Gasteiger partial charge on any atom is 0.234 e. The van der Waals surface area contributed by atoms with Crippen LogP contribution in [0.5, 0.6) is 0 Å². The number of aromatic nitrogens is 3. The lowest BCUT2D eigenvalue weighted by atomic mass is 10.3. The van der Waals surface area contributed by atoms with Crippen molar-refractivity contribution in [2.75, 3.05) is 11.1 Å². The SMILES string of the molecule is Cc1nnc(SCC(=O)Nc2ccc(Br)cc2)n1-c1ccc(Cl)cc1. The highest BCUT2D eigenvalue weighted by molar-refractivity contribution is 9.10. The lowest BCUT2D eigenvalue weighted by molar-refractivity contribution is -0.113. The molecule has 0 aliphatic heterocycles. The lowest BCUT2D eigenvalue weighted by Crippen LogP contribution is -2.14. The summed E-state index contributed by atoms with van der Waals surface area (Å²) in [4.78, 5) is 12.2. The number of aryl methyl sites for hydroxylation is 1. The van der Waals surface area contributed by atoms with Gasteiger partial charge in [0.1, 0.15) is 5.82 Å². The third-order valence-electron chi connectivity index (χ3n) is 3.34. The highest BCUT2D eigenvalue weighted by Gasteiger charge is 2.13. The van der Waals surface area contributed by atoms with Crippen molar-refractivity contribution in [3.63, 3.8) is 0 Å². The van der Waals surface area contributed by atoms with Crippen molar-refractivity contribution in [1.82, 2.24) is 14.8 Å². The fraction of sp³-hybridized carbons (Fsp3) is 0.118. The number of nitrogens with zero attached hydrogens (tertiary/aromatic N) is 3. The van der Waals surface area contributed by atoms with Crippen molar-refractivity contribution in [2.24, 2.45) is 0 Å². The van der Waals surface area contributed by atoms with Gasteiger partial charge in [0, 0.05) is 20.9 Å². The molecule has 0 saturated carbocycles. The molecule has 0 aliphatic rings. The summed E-state index contributed by atoms with van der Waals surface area (Å²) in [5, 5.41) is 12.5. The molecule has 1 heterocycles. The molecule has 0 atom stereocenters. The largest absolute Gasteiger partial charge is 0.325 e. The van der Waals surface area contributed by atoms with Gasteiger partial charge < -0.3 is 5.32 Å². The Morgan fingerprint density at radius 1 is 1.16 bits per heavy atom. The van der Waals surface area contributed by atoms with E-state index in [0.717, 1.165) is 21.7 Å². The molecule has 1 aromatic heterocycles. The molecule has 0 aliphatic carbocycles. The normalized spacial score (nSPS) is 10.7. The Balaban J connectivity index is 1.68. The van der Waals surface area contributed by atoms with Gasteiger partial charge in [0.15, 0.2) is 5.16 Å². The molecule has 0 spiro atoms. The first-order chi connectivity index (χ1) is 12.0. The van der Waals surface area contributed by atoms with Crippen LogP contribution < -0.4 is 5.32 Å². The number of carbonyl (C=O) groups is 1. The van der Waals surface area contributed by atoms with Crippen molar-refractivity contribution in [3.05, 3.63) is 63.9 Å². The molecule has 2 aromatic carbocycles. The fourth-order valence-corrected chi connectivity index (χ4v) is 3.37. The molecule has 0 fully saturated rings. The van der Waals surface area contributed by atoms with Crippen LogP contribution in [0, 0.1) is 6.92 Å². The molecule has 0 unspecified atom stereocenters. The van der Waals surface area contributed by atoms with Crippen LogP contribution in [0.25, 0.3) is 5.69 Å². The van der Waals surface area contributed by atoms with E-state index in [-0.39, 0.29) is 11.7 Å². The summed E-state index contributed by atoms with van der Waals surface area (Å²) in [7, 11) is 0. The van der Waals surface area contributed by atoms with Crippen LogP contribution in [0.1, 0.15) is 5.82 Å². The summed E-state index contributed by atoms with van der Waals surface area (Å²) in [5.41, 5.74) is 1.66. The summed E-state index contributed by atoms with van der Waals surface area (Å²) in [6, 6.07) is 14.8. The van der Waals surface area contributed by atoms with Crippen LogP contribution >= 0.6 is 39.3 Å². The van der Waals surface area contributed by atoms with Crippen LogP contribution in [0.2, 0.25) is 5.02 Å². The zero-order chi connectivity index (χ0) is 17.8. The second-order valence-corrected chi connectivity index (χ2v) is 7.48. The van der Waals surface area contributed by atoms with E-state index >= 15 is 0 Å². The van der Waals surface area contributed by atoms with Gasteiger partial charge in [-0.2, -0.15) is 0 Å². The second-order valence-electron chi connectivity index (χ2n) is 5.19. The molecule has 25 heavy (non-hydrogen) atoms. The molecular formula is C17H14BrClN4OS. The Kier molecular flexibility index (Phi) is 5.78. The molecule has 1 N–H and O–H groups in total. The molecule has 8 heteroatoms. The van der Waals surface area contributed by atoms with Crippen molar-refractivity contribution in [2.45, 2.75) is 12.1 Å². The Hall–Kier alpha value is -1.83. The summed E-state index contributed by atoms with van der Waals surface area (Å²) in [6.45, 7) is 1.87. The van der Waals surface area contributed by atoms with Gasteiger partial charge >= 0.3 is 0 Å². The minimum absolute atomic E-state index is 0.101. The zero-order valence-electron chi connectivity index (χ0n) is 13.2. The third-order valence-corrected chi connectivity index (χ3v) is 5.05. The zero-order valence-corrected chi connectivity index (χ0v) is 16.4. The molecule has 1 amide bonds. The predicted octanol–water partition coefficient (Wildman–Crippen LogP) is 4.72. The minimum Gasteiger partial charge on any atom is -0.325 e. The Labute approximate surface area is 162 Å².